The highest BCUT2D eigenvalue weighted by Crippen LogP contribution is 2.24. The first kappa shape index (κ1) is 22.0. The second-order valence-corrected chi connectivity index (χ2v) is 6.82. The number of carbonyl (C=O) groups excluding carboxylic acids is 3. The number of aromatic nitrogens is 1. The summed E-state index contributed by atoms with van der Waals surface area (Å²) in [5, 5.41) is 2.66. The molecule has 1 amide bonds. The maximum absolute atomic E-state index is 12.6. The van der Waals surface area contributed by atoms with Gasteiger partial charge in [-0.2, -0.15) is 0 Å². The number of esters is 2. The molecule has 2 aromatic rings. The van der Waals surface area contributed by atoms with Gasteiger partial charge >= 0.3 is 11.9 Å². The smallest absolute Gasteiger partial charge is 0.355 e. The number of benzene rings is 1. The summed E-state index contributed by atoms with van der Waals surface area (Å²) in [7, 11) is 1.49. The predicted octanol–water partition coefficient (Wildman–Crippen LogP) is 3.39. The molecule has 0 saturated heterocycles. The second kappa shape index (κ2) is 9.27. The highest BCUT2D eigenvalue weighted by atomic mass is 16.6. The van der Waals surface area contributed by atoms with Gasteiger partial charge in [0, 0.05) is 5.69 Å². The lowest BCUT2D eigenvalue weighted by Crippen LogP contribution is -2.30. The van der Waals surface area contributed by atoms with Crippen molar-refractivity contribution in [3.05, 3.63) is 46.8 Å². The molecular formula is C21H26N2O6. The van der Waals surface area contributed by atoms with Crippen molar-refractivity contribution in [3.8, 4) is 5.75 Å². The van der Waals surface area contributed by atoms with Crippen molar-refractivity contribution in [2.24, 2.45) is 0 Å². The molecule has 2 N–H and O–H groups in total. The minimum atomic E-state index is -1.07. The number of para-hydroxylation sites is 2. The summed E-state index contributed by atoms with van der Waals surface area (Å²) in [4.78, 5) is 40.1. The summed E-state index contributed by atoms with van der Waals surface area (Å²) < 4.78 is 15.7. The fraction of sp³-hybridized carbons (Fsp3) is 0.381. The normalized spacial score (nSPS) is 11.7. The first-order valence-corrected chi connectivity index (χ1v) is 9.20. The van der Waals surface area contributed by atoms with Crippen molar-refractivity contribution in [1.29, 1.82) is 0 Å². The number of rotatable bonds is 7. The molecule has 0 aliphatic rings. The third kappa shape index (κ3) is 5.16. The van der Waals surface area contributed by atoms with E-state index in [9.17, 15) is 14.4 Å². The second-order valence-electron chi connectivity index (χ2n) is 6.82. The van der Waals surface area contributed by atoms with Gasteiger partial charge in [-0.05, 0) is 52.3 Å². The number of aryl methyl sites for hydroxylation is 1. The van der Waals surface area contributed by atoms with Gasteiger partial charge in [0.25, 0.3) is 5.91 Å². The average molecular weight is 402 g/mol. The minimum absolute atomic E-state index is 0.107. The number of methoxy groups -OCH3 is 1. The van der Waals surface area contributed by atoms with Gasteiger partial charge in [0.15, 0.2) is 6.10 Å². The summed E-state index contributed by atoms with van der Waals surface area (Å²) >= 11 is 0. The van der Waals surface area contributed by atoms with Crippen LogP contribution in [-0.4, -0.2) is 42.1 Å². The third-order valence-electron chi connectivity index (χ3n) is 4.21. The maximum atomic E-state index is 12.6. The molecule has 0 fully saturated rings. The molecule has 0 saturated carbocycles. The zero-order valence-corrected chi connectivity index (χ0v) is 17.4. The summed E-state index contributed by atoms with van der Waals surface area (Å²) in [5.74, 6) is -1.28. The number of aromatic amines is 1. The maximum Gasteiger partial charge on any atom is 0.355 e. The van der Waals surface area contributed by atoms with Crippen LogP contribution in [0.15, 0.2) is 24.3 Å². The van der Waals surface area contributed by atoms with E-state index in [1.54, 1.807) is 52.0 Å². The fourth-order valence-electron chi connectivity index (χ4n) is 2.79. The van der Waals surface area contributed by atoms with Crippen LogP contribution in [0, 0.1) is 13.8 Å². The SMILES string of the molecule is COc1ccccc1NC(=O)[C@@H](C)OC(=O)c1[nH]c(C)c(C(=O)OC(C)C)c1C. The van der Waals surface area contributed by atoms with Crippen molar-refractivity contribution < 1.29 is 28.6 Å². The first-order chi connectivity index (χ1) is 13.6. The molecule has 156 valence electrons. The Kier molecular flexibility index (Phi) is 7.03. The molecule has 1 aromatic carbocycles. The molecule has 1 aromatic heterocycles. The van der Waals surface area contributed by atoms with Crippen LogP contribution < -0.4 is 10.1 Å². The monoisotopic (exact) mass is 402 g/mol. The number of H-pyrrole nitrogens is 1. The third-order valence-corrected chi connectivity index (χ3v) is 4.21. The molecule has 8 heteroatoms. The number of ether oxygens (including phenoxy) is 3. The number of anilines is 1. The van der Waals surface area contributed by atoms with E-state index in [1.807, 2.05) is 0 Å². The van der Waals surface area contributed by atoms with E-state index < -0.39 is 23.9 Å². The van der Waals surface area contributed by atoms with Gasteiger partial charge in [0.05, 0.1) is 24.5 Å². The molecule has 1 heterocycles. The van der Waals surface area contributed by atoms with Gasteiger partial charge in [0.2, 0.25) is 0 Å². The summed E-state index contributed by atoms with van der Waals surface area (Å²) in [6.45, 7) is 8.23. The molecule has 0 spiro atoms. The van der Waals surface area contributed by atoms with Crippen LogP contribution in [0.3, 0.4) is 0 Å². The Bertz CT molecular complexity index is 916. The molecule has 0 unspecified atom stereocenters. The van der Waals surface area contributed by atoms with Crippen LogP contribution in [0.5, 0.6) is 5.75 Å². The Morgan fingerprint density at radius 2 is 1.66 bits per heavy atom. The standard InChI is InChI=1S/C21H26N2O6/c1-11(2)28-20(25)17-12(3)18(22-13(17)4)21(26)29-14(5)19(24)23-15-9-7-8-10-16(15)27-6/h7-11,14,22H,1-6H3,(H,23,24)/t14-/m1/s1. The quantitative estimate of drug-likeness (QED) is 0.688. The molecular weight excluding hydrogens is 376 g/mol. The van der Waals surface area contributed by atoms with Crippen LogP contribution in [0.25, 0.3) is 0 Å². The van der Waals surface area contributed by atoms with Gasteiger partial charge in [-0.3, -0.25) is 4.79 Å². The van der Waals surface area contributed by atoms with Crippen molar-refractivity contribution in [2.75, 3.05) is 12.4 Å². The van der Waals surface area contributed by atoms with E-state index >= 15 is 0 Å². The Balaban J connectivity index is 2.11. The zero-order valence-electron chi connectivity index (χ0n) is 17.4. The van der Waals surface area contributed by atoms with Crippen LogP contribution in [0.2, 0.25) is 0 Å². The van der Waals surface area contributed by atoms with Crippen LogP contribution in [0.4, 0.5) is 5.69 Å². The molecule has 0 radical (unpaired) electrons. The van der Waals surface area contributed by atoms with Crippen LogP contribution >= 0.6 is 0 Å². The van der Waals surface area contributed by atoms with Gasteiger partial charge in [-0.15, -0.1) is 0 Å². The van der Waals surface area contributed by atoms with E-state index in [0.717, 1.165) is 0 Å². The van der Waals surface area contributed by atoms with Crippen LogP contribution in [-0.2, 0) is 14.3 Å². The minimum Gasteiger partial charge on any atom is -0.495 e. The summed E-state index contributed by atoms with van der Waals surface area (Å²) in [6.07, 6.45) is -1.35. The number of carbonyl (C=O) groups is 3. The highest BCUT2D eigenvalue weighted by molar-refractivity contribution is 6.00. The van der Waals surface area contributed by atoms with Crippen molar-refractivity contribution >= 4 is 23.5 Å². The Morgan fingerprint density at radius 3 is 2.28 bits per heavy atom. The molecule has 1 atom stereocenters. The average Bonchev–Trinajstić information content (AvgIpc) is 2.95. The van der Waals surface area contributed by atoms with Gasteiger partial charge in [-0.25, -0.2) is 9.59 Å². The largest absolute Gasteiger partial charge is 0.495 e. The molecule has 0 bridgehead atoms. The molecule has 8 nitrogen and oxygen atoms in total. The Labute approximate surface area is 169 Å². The van der Waals surface area contributed by atoms with E-state index in [2.05, 4.69) is 10.3 Å². The predicted molar refractivity (Wildman–Crippen MR) is 107 cm³/mol. The van der Waals surface area contributed by atoms with E-state index in [0.29, 0.717) is 22.7 Å². The number of hydrogen-bond donors (Lipinski definition) is 2. The van der Waals surface area contributed by atoms with Gasteiger partial charge in [-0.1, -0.05) is 12.1 Å². The van der Waals surface area contributed by atoms with Crippen molar-refractivity contribution in [2.45, 2.75) is 46.8 Å². The lowest BCUT2D eigenvalue weighted by atomic mass is 10.1. The molecule has 29 heavy (non-hydrogen) atoms. The molecule has 0 aliphatic carbocycles. The number of nitrogens with one attached hydrogen (secondary N) is 2. The van der Waals surface area contributed by atoms with E-state index in [-0.39, 0.29) is 17.4 Å². The van der Waals surface area contributed by atoms with Crippen molar-refractivity contribution in [3.63, 3.8) is 0 Å². The molecule has 2 rings (SSSR count). The van der Waals surface area contributed by atoms with Gasteiger partial charge < -0.3 is 24.5 Å². The van der Waals surface area contributed by atoms with Crippen LogP contribution in [0.1, 0.15) is 52.9 Å². The Hall–Kier alpha value is -3.29. The topological polar surface area (TPSA) is 107 Å². The lowest BCUT2D eigenvalue weighted by molar-refractivity contribution is -0.123. The van der Waals surface area contributed by atoms with Crippen molar-refractivity contribution in [1.82, 2.24) is 4.98 Å². The highest BCUT2D eigenvalue weighted by Gasteiger charge is 2.27. The number of hydrogen-bond acceptors (Lipinski definition) is 6. The number of amides is 1. The molecule has 0 aliphatic heterocycles. The summed E-state index contributed by atoms with van der Waals surface area (Å²) in [5.41, 5.74) is 1.77. The Morgan fingerprint density at radius 1 is 1.00 bits per heavy atom. The lowest BCUT2D eigenvalue weighted by Gasteiger charge is -2.15. The zero-order chi connectivity index (χ0) is 21.7. The van der Waals surface area contributed by atoms with Gasteiger partial charge in [0.1, 0.15) is 11.4 Å². The fourth-order valence-corrected chi connectivity index (χ4v) is 2.79. The van der Waals surface area contributed by atoms with E-state index in [4.69, 9.17) is 14.2 Å². The first-order valence-electron chi connectivity index (χ1n) is 9.20. The summed E-state index contributed by atoms with van der Waals surface area (Å²) in [6, 6.07) is 6.90. The van der Waals surface area contributed by atoms with E-state index in [1.165, 1.54) is 14.0 Å².